The van der Waals surface area contributed by atoms with Crippen LogP contribution < -0.4 is 0 Å². The van der Waals surface area contributed by atoms with Crippen LogP contribution in [0.15, 0.2) is 65.1 Å². The smallest absolute Gasteiger partial charge is 0.227 e. The van der Waals surface area contributed by atoms with E-state index in [1.165, 1.54) is 0 Å². The second kappa shape index (κ2) is 4.36. The SMILES string of the molecule is Clc1cccc2ccc3oc(-c4ccccc4)nc3c12. The molecule has 0 bridgehead atoms. The highest BCUT2D eigenvalue weighted by Gasteiger charge is 2.12. The van der Waals surface area contributed by atoms with E-state index in [0.29, 0.717) is 10.9 Å². The molecule has 0 aliphatic rings. The van der Waals surface area contributed by atoms with Crippen LogP contribution in [-0.4, -0.2) is 4.98 Å². The minimum absolute atomic E-state index is 0.619. The number of halogens is 1. The van der Waals surface area contributed by atoms with Gasteiger partial charge >= 0.3 is 0 Å². The Balaban J connectivity index is 2.07. The highest BCUT2D eigenvalue weighted by atomic mass is 35.5. The monoisotopic (exact) mass is 279 g/mol. The normalized spacial score (nSPS) is 11.2. The highest BCUT2D eigenvalue weighted by molar-refractivity contribution is 6.37. The molecule has 0 fully saturated rings. The first-order valence-corrected chi connectivity index (χ1v) is 6.74. The fourth-order valence-corrected chi connectivity index (χ4v) is 2.69. The van der Waals surface area contributed by atoms with E-state index >= 15 is 0 Å². The van der Waals surface area contributed by atoms with E-state index in [1.54, 1.807) is 0 Å². The number of aromatic nitrogens is 1. The summed E-state index contributed by atoms with van der Waals surface area (Å²) in [4.78, 5) is 4.62. The van der Waals surface area contributed by atoms with Crippen molar-refractivity contribution in [2.45, 2.75) is 0 Å². The molecule has 0 aliphatic heterocycles. The summed E-state index contributed by atoms with van der Waals surface area (Å²) in [6.45, 7) is 0. The molecule has 0 unspecified atom stereocenters. The van der Waals surface area contributed by atoms with Gasteiger partial charge in [-0.1, -0.05) is 48.0 Å². The van der Waals surface area contributed by atoms with Crippen LogP contribution in [0.1, 0.15) is 0 Å². The van der Waals surface area contributed by atoms with Crippen LogP contribution in [0.25, 0.3) is 33.3 Å². The number of fused-ring (bicyclic) bond motifs is 3. The summed E-state index contributed by atoms with van der Waals surface area (Å²) < 4.78 is 5.85. The Bertz CT molecular complexity index is 912. The molecule has 3 aromatic carbocycles. The van der Waals surface area contributed by atoms with Crippen LogP contribution in [0.3, 0.4) is 0 Å². The van der Waals surface area contributed by atoms with E-state index in [-0.39, 0.29) is 0 Å². The molecule has 3 heteroatoms. The number of oxazole rings is 1. The number of nitrogens with zero attached hydrogens (tertiary/aromatic N) is 1. The average molecular weight is 280 g/mol. The van der Waals surface area contributed by atoms with Gasteiger partial charge in [0.1, 0.15) is 5.52 Å². The molecule has 1 aromatic heterocycles. The van der Waals surface area contributed by atoms with Gasteiger partial charge in [-0.05, 0) is 29.7 Å². The third-order valence-electron chi connectivity index (χ3n) is 3.37. The minimum Gasteiger partial charge on any atom is -0.436 e. The largest absolute Gasteiger partial charge is 0.436 e. The quantitative estimate of drug-likeness (QED) is 0.472. The Labute approximate surface area is 120 Å². The van der Waals surface area contributed by atoms with Crippen LogP contribution in [0, 0.1) is 0 Å². The summed E-state index contributed by atoms with van der Waals surface area (Å²) in [5.41, 5.74) is 2.53. The zero-order valence-corrected chi connectivity index (χ0v) is 11.3. The van der Waals surface area contributed by atoms with Crippen LogP contribution in [0.2, 0.25) is 5.02 Å². The van der Waals surface area contributed by atoms with E-state index in [0.717, 1.165) is 27.4 Å². The second-order valence-corrected chi connectivity index (χ2v) is 5.04. The molecule has 1 heterocycles. The van der Waals surface area contributed by atoms with E-state index in [9.17, 15) is 0 Å². The zero-order valence-electron chi connectivity index (χ0n) is 10.5. The zero-order chi connectivity index (χ0) is 13.5. The van der Waals surface area contributed by atoms with Gasteiger partial charge in [0, 0.05) is 10.9 Å². The van der Waals surface area contributed by atoms with Crippen molar-refractivity contribution in [1.29, 1.82) is 0 Å². The standard InChI is InChI=1S/C17H10ClNO/c18-13-8-4-7-11-9-10-14-16(15(11)13)19-17(20-14)12-5-2-1-3-6-12/h1-10H. The maximum absolute atomic E-state index is 6.31. The molecule has 0 amide bonds. The molecular weight excluding hydrogens is 270 g/mol. The van der Waals surface area contributed by atoms with Crippen molar-refractivity contribution in [3.05, 3.63) is 65.7 Å². The van der Waals surface area contributed by atoms with E-state index in [4.69, 9.17) is 16.0 Å². The minimum atomic E-state index is 0.619. The maximum atomic E-state index is 6.31. The maximum Gasteiger partial charge on any atom is 0.227 e. The first-order valence-electron chi connectivity index (χ1n) is 6.36. The van der Waals surface area contributed by atoms with Gasteiger partial charge in [-0.15, -0.1) is 0 Å². The van der Waals surface area contributed by atoms with Gasteiger partial charge in [-0.3, -0.25) is 0 Å². The first-order chi connectivity index (χ1) is 9.83. The Morgan fingerprint density at radius 1 is 0.850 bits per heavy atom. The molecule has 0 saturated carbocycles. The summed E-state index contributed by atoms with van der Waals surface area (Å²) in [6, 6.07) is 19.6. The number of rotatable bonds is 1. The molecule has 0 N–H and O–H groups in total. The average Bonchev–Trinajstić information content (AvgIpc) is 2.92. The van der Waals surface area contributed by atoms with Gasteiger partial charge in [0.05, 0.1) is 5.02 Å². The number of hydrogen-bond acceptors (Lipinski definition) is 2. The van der Waals surface area contributed by atoms with Crippen molar-refractivity contribution in [2.75, 3.05) is 0 Å². The summed E-state index contributed by atoms with van der Waals surface area (Å²) in [5.74, 6) is 0.619. The van der Waals surface area contributed by atoms with Gasteiger partial charge in [-0.2, -0.15) is 0 Å². The second-order valence-electron chi connectivity index (χ2n) is 4.64. The Hall–Kier alpha value is -2.32. The van der Waals surface area contributed by atoms with Gasteiger partial charge in [-0.25, -0.2) is 4.98 Å². The molecule has 0 spiro atoms. The van der Waals surface area contributed by atoms with Crippen LogP contribution in [0.4, 0.5) is 0 Å². The predicted molar refractivity (Wildman–Crippen MR) is 82.0 cm³/mol. The Morgan fingerprint density at radius 2 is 1.70 bits per heavy atom. The van der Waals surface area contributed by atoms with Crippen molar-refractivity contribution < 1.29 is 4.42 Å². The summed E-state index contributed by atoms with van der Waals surface area (Å²) in [5, 5.41) is 2.71. The predicted octanol–water partition coefficient (Wildman–Crippen LogP) is 5.30. The molecule has 0 saturated heterocycles. The molecule has 0 atom stereocenters. The topological polar surface area (TPSA) is 26.0 Å². The fourth-order valence-electron chi connectivity index (χ4n) is 2.42. The molecule has 4 rings (SSSR count). The van der Waals surface area contributed by atoms with Gasteiger partial charge in [0.25, 0.3) is 0 Å². The van der Waals surface area contributed by atoms with Crippen molar-refractivity contribution in [3.63, 3.8) is 0 Å². The van der Waals surface area contributed by atoms with E-state index in [2.05, 4.69) is 4.98 Å². The molecular formula is C17H10ClNO. The summed E-state index contributed by atoms with van der Waals surface area (Å²) in [7, 11) is 0. The lowest BCUT2D eigenvalue weighted by molar-refractivity contribution is 0.620. The lowest BCUT2D eigenvalue weighted by atomic mass is 10.1. The third-order valence-corrected chi connectivity index (χ3v) is 3.69. The van der Waals surface area contributed by atoms with E-state index in [1.807, 2.05) is 60.7 Å². The van der Waals surface area contributed by atoms with Gasteiger partial charge in [0.15, 0.2) is 5.58 Å². The van der Waals surface area contributed by atoms with Crippen molar-refractivity contribution in [2.24, 2.45) is 0 Å². The molecule has 20 heavy (non-hydrogen) atoms. The first kappa shape index (κ1) is 11.5. The molecule has 0 radical (unpaired) electrons. The molecule has 2 nitrogen and oxygen atoms in total. The van der Waals surface area contributed by atoms with Gasteiger partial charge in [0.2, 0.25) is 5.89 Å². The summed E-state index contributed by atoms with van der Waals surface area (Å²) >= 11 is 6.31. The Kier molecular flexibility index (Phi) is 2.51. The van der Waals surface area contributed by atoms with Gasteiger partial charge < -0.3 is 4.42 Å². The fraction of sp³-hybridized carbons (Fsp3) is 0. The van der Waals surface area contributed by atoms with Crippen molar-refractivity contribution >= 4 is 33.5 Å². The highest BCUT2D eigenvalue weighted by Crippen LogP contribution is 2.33. The van der Waals surface area contributed by atoms with Crippen LogP contribution >= 0.6 is 11.6 Å². The van der Waals surface area contributed by atoms with E-state index < -0.39 is 0 Å². The third kappa shape index (κ3) is 1.69. The van der Waals surface area contributed by atoms with Crippen molar-refractivity contribution in [3.8, 4) is 11.5 Å². The van der Waals surface area contributed by atoms with Crippen LogP contribution in [-0.2, 0) is 0 Å². The number of benzene rings is 3. The summed E-state index contributed by atoms with van der Waals surface area (Å²) in [6.07, 6.45) is 0. The molecule has 0 aliphatic carbocycles. The molecule has 96 valence electrons. The van der Waals surface area contributed by atoms with Crippen molar-refractivity contribution in [1.82, 2.24) is 4.98 Å². The lowest BCUT2D eigenvalue weighted by Gasteiger charge is -1.99. The number of hydrogen-bond donors (Lipinski definition) is 0. The van der Waals surface area contributed by atoms with Crippen LogP contribution in [0.5, 0.6) is 0 Å². The molecule has 4 aromatic rings. The lowest BCUT2D eigenvalue weighted by Crippen LogP contribution is -1.78. The Morgan fingerprint density at radius 3 is 2.55 bits per heavy atom.